The monoisotopic (exact) mass is 913 g/mol. The number of ether oxygens (including phenoxy) is 2. The quantitative estimate of drug-likeness (QED) is 0.143. The lowest BCUT2D eigenvalue weighted by Gasteiger charge is -2.11. The Bertz CT molecular complexity index is 4090. The van der Waals surface area contributed by atoms with Crippen LogP contribution in [0.25, 0.3) is 105 Å². The van der Waals surface area contributed by atoms with Crippen molar-refractivity contribution in [2.45, 2.75) is 0 Å². The highest BCUT2D eigenvalue weighted by Crippen LogP contribution is 2.41. The fourth-order valence-corrected chi connectivity index (χ4v) is 10.2. The molecule has 14 aromatic rings. The second-order valence-corrected chi connectivity index (χ2v) is 17.5. The van der Waals surface area contributed by atoms with Crippen LogP contribution in [0.1, 0.15) is 0 Å². The van der Waals surface area contributed by atoms with Gasteiger partial charge in [-0.2, -0.15) is 0 Å². The van der Waals surface area contributed by atoms with E-state index in [9.17, 15) is 0 Å². The molecular formula is C62H39N7O2. The van der Waals surface area contributed by atoms with Crippen LogP contribution in [0.4, 0.5) is 0 Å². The lowest BCUT2D eigenvalue weighted by atomic mass is 10.1. The molecular weight excluding hydrogens is 875 g/mol. The molecule has 0 radical (unpaired) electrons. The summed E-state index contributed by atoms with van der Waals surface area (Å²) >= 11 is 0. The van der Waals surface area contributed by atoms with E-state index >= 15 is 0 Å². The third-order valence-corrected chi connectivity index (χ3v) is 13.4. The van der Waals surface area contributed by atoms with Gasteiger partial charge in [-0.25, -0.2) is 19.9 Å². The van der Waals surface area contributed by atoms with Crippen molar-refractivity contribution in [2.75, 3.05) is 0 Å². The number of rotatable bonds is 9. The Morgan fingerprint density at radius 2 is 0.620 bits per heavy atom. The summed E-state index contributed by atoms with van der Waals surface area (Å²) in [6.07, 6.45) is 7.28. The molecule has 14 rings (SSSR count). The zero-order valence-corrected chi connectivity index (χ0v) is 38.0. The fraction of sp³-hybridized carbons (Fsp3) is 0. The Morgan fingerprint density at radius 1 is 0.254 bits per heavy atom. The van der Waals surface area contributed by atoms with Gasteiger partial charge in [0.25, 0.3) is 0 Å². The maximum Gasteiger partial charge on any atom is 0.234 e. The molecule has 0 unspecified atom stereocenters. The van der Waals surface area contributed by atoms with Crippen LogP contribution in [0.3, 0.4) is 0 Å². The lowest BCUT2D eigenvalue weighted by Crippen LogP contribution is -2.00. The Kier molecular flexibility index (Phi) is 9.31. The van der Waals surface area contributed by atoms with E-state index in [1.165, 1.54) is 0 Å². The number of benzene rings is 8. The molecule has 6 heterocycles. The Balaban J connectivity index is 0.844. The molecule has 0 amide bonds. The first-order chi connectivity index (χ1) is 35.2. The number of fused-ring (bicyclic) bond motifs is 9. The Morgan fingerprint density at radius 3 is 1.04 bits per heavy atom. The summed E-state index contributed by atoms with van der Waals surface area (Å²) in [5, 5.41) is 6.57. The van der Waals surface area contributed by atoms with Gasteiger partial charge in [0, 0.05) is 81.4 Å². The van der Waals surface area contributed by atoms with Gasteiger partial charge in [-0.3, -0.25) is 13.7 Å². The van der Waals surface area contributed by atoms with Crippen LogP contribution < -0.4 is 9.47 Å². The molecule has 0 saturated heterocycles. The third-order valence-electron chi connectivity index (χ3n) is 13.4. The minimum atomic E-state index is 0.536. The fourth-order valence-electron chi connectivity index (χ4n) is 10.2. The SMILES string of the molecule is c1ccc(-c2ccnc(-n3c4ccccc4c4ccc(Oc5ccc6c7ccc(Oc8ccc9c%10ccccc%10n(-c%10cc(-c%11ccccc%11)ccn%10)c9c8)cc7n(-c7ncccn7)c6c5)cc43)c2)cc1. The first kappa shape index (κ1) is 40.2. The van der Waals surface area contributed by atoms with E-state index in [2.05, 4.69) is 184 Å². The van der Waals surface area contributed by atoms with Crippen LogP contribution in [-0.4, -0.2) is 33.6 Å². The summed E-state index contributed by atoms with van der Waals surface area (Å²) in [5.41, 5.74) is 10.4. The maximum atomic E-state index is 6.77. The molecule has 0 N–H and O–H groups in total. The number of aromatic nitrogens is 7. The average Bonchev–Trinajstić information content (AvgIpc) is 4.06. The van der Waals surface area contributed by atoms with Crippen molar-refractivity contribution in [1.82, 2.24) is 33.6 Å². The van der Waals surface area contributed by atoms with E-state index < -0.39 is 0 Å². The molecule has 9 nitrogen and oxygen atoms in total. The average molecular weight is 914 g/mol. The van der Waals surface area contributed by atoms with Crippen molar-refractivity contribution >= 4 is 65.4 Å². The molecule has 0 atom stereocenters. The topological polar surface area (TPSA) is 84.8 Å². The Labute approximate surface area is 406 Å². The first-order valence-electron chi connectivity index (χ1n) is 23.5. The summed E-state index contributed by atoms with van der Waals surface area (Å²) in [4.78, 5) is 19.3. The van der Waals surface area contributed by atoms with Crippen molar-refractivity contribution in [2.24, 2.45) is 0 Å². The molecule has 0 aliphatic heterocycles. The van der Waals surface area contributed by atoms with Crippen LogP contribution in [0.5, 0.6) is 23.0 Å². The van der Waals surface area contributed by atoms with E-state index in [0.717, 1.165) is 99.3 Å². The molecule has 6 aromatic heterocycles. The minimum absolute atomic E-state index is 0.536. The first-order valence-corrected chi connectivity index (χ1v) is 23.5. The smallest absolute Gasteiger partial charge is 0.234 e. The second-order valence-electron chi connectivity index (χ2n) is 17.5. The normalized spacial score (nSPS) is 11.7. The predicted octanol–water partition coefficient (Wildman–Crippen LogP) is 15.5. The molecule has 0 saturated carbocycles. The van der Waals surface area contributed by atoms with Crippen molar-refractivity contribution < 1.29 is 9.47 Å². The second kappa shape index (κ2) is 16.4. The van der Waals surface area contributed by atoms with Gasteiger partial charge in [0.1, 0.15) is 34.6 Å². The standard InChI is InChI=1S/C62H39N7O2/c1-3-12-40(13-4-1)42-28-32-63-60(34-42)67-54-18-9-7-16-48(54)50-24-20-44(36-56(50)67)70-46-22-26-52-53-27-23-47(39-59(53)69(58(52)38-46)62-65-30-11-31-66-62)71-45-21-25-51-49-17-8-10-19-55(49)68(57(51)37-45)61-35-43(29-33-64-61)41-14-5-2-6-15-41/h1-39H. The molecule has 0 aliphatic carbocycles. The molecule has 0 spiro atoms. The van der Waals surface area contributed by atoms with Crippen molar-refractivity contribution in [3.63, 3.8) is 0 Å². The van der Waals surface area contributed by atoms with Crippen molar-refractivity contribution in [3.8, 4) is 62.8 Å². The summed E-state index contributed by atoms with van der Waals surface area (Å²) in [7, 11) is 0. The molecule has 334 valence electrons. The van der Waals surface area contributed by atoms with Gasteiger partial charge in [-0.1, -0.05) is 97.1 Å². The van der Waals surface area contributed by atoms with Crippen molar-refractivity contribution in [3.05, 3.63) is 237 Å². The van der Waals surface area contributed by atoms with E-state index in [1.54, 1.807) is 12.4 Å². The maximum absolute atomic E-state index is 6.77. The van der Waals surface area contributed by atoms with Crippen LogP contribution in [0, 0.1) is 0 Å². The summed E-state index contributed by atoms with van der Waals surface area (Å²) in [6, 6.07) is 72.8. The predicted molar refractivity (Wildman–Crippen MR) is 285 cm³/mol. The Hall–Kier alpha value is -9.86. The van der Waals surface area contributed by atoms with Crippen LogP contribution in [-0.2, 0) is 0 Å². The largest absolute Gasteiger partial charge is 0.457 e. The molecule has 0 bridgehead atoms. The highest BCUT2D eigenvalue weighted by atomic mass is 16.5. The summed E-state index contributed by atoms with van der Waals surface area (Å²) in [6.45, 7) is 0. The lowest BCUT2D eigenvalue weighted by molar-refractivity contribution is 0.484. The number of pyridine rings is 2. The molecule has 0 fully saturated rings. The van der Waals surface area contributed by atoms with Crippen molar-refractivity contribution in [1.29, 1.82) is 0 Å². The van der Waals surface area contributed by atoms with Crippen LogP contribution in [0.2, 0.25) is 0 Å². The third kappa shape index (κ3) is 6.86. The van der Waals surface area contributed by atoms with Gasteiger partial charge in [-0.15, -0.1) is 0 Å². The van der Waals surface area contributed by atoms with Crippen LogP contribution >= 0.6 is 0 Å². The highest BCUT2D eigenvalue weighted by Gasteiger charge is 2.20. The van der Waals surface area contributed by atoms with Gasteiger partial charge in [0.15, 0.2) is 0 Å². The highest BCUT2D eigenvalue weighted by molar-refractivity contribution is 6.12. The number of para-hydroxylation sites is 2. The van der Waals surface area contributed by atoms with E-state index in [4.69, 9.17) is 29.4 Å². The zero-order chi connectivity index (χ0) is 46.8. The molecule has 8 aromatic carbocycles. The number of nitrogens with zero attached hydrogens (tertiary/aromatic N) is 7. The van der Waals surface area contributed by atoms with Gasteiger partial charge in [0.05, 0.1) is 33.1 Å². The van der Waals surface area contributed by atoms with E-state index in [1.807, 2.05) is 54.9 Å². The summed E-state index contributed by atoms with van der Waals surface area (Å²) < 4.78 is 20.1. The number of hydrogen-bond donors (Lipinski definition) is 0. The van der Waals surface area contributed by atoms with Crippen LogP contribution in [0.15, 0.2) is 237 Å². The van der Waals surface area contributed by atoms with Gasteiger partial charge in [-0.05, 0) is 113 Å². The molecule has 9 heteroatoms. The van der Waals surface area contributed by atoms with Gasteiger partial charge < -0.3 is 9.47 Å². The zero-order valence-electron chi connectivity index (χ0n) is 38.0. The minimum Gasteiger partial charge on any atom is -0.457 e. The van der Waals surface area contributed by atoms with E-state index in [0.29, 0.717) is 28.9 Å². The van der Waals surface area contributed by atoms with Gasteiger partial charge >= 0.3 is 0 Å². The van der Waals surface area contributed by atoms with Gasteiger partial charge in [0.2, 0.25) is 5.95 Å². The number of hydrogen-bond acceptors (Lipinski definition) is 6. The molecule has 0 aliphatic rings. The molecule has 71 heavy (non-hydrogen) atoms. The summed E-state index contributed by atoms with van der Waals surface area (Å²) in [5.74, 6) is 4.94. The van der Waals surface area contributed by atoms with E-state index in [-0.39, 0.29) is 0 Å².